The van der Waals surface area contributed by atoms with Crippen LogP contribution in [0.25, 0.3) is 0 Å². The molecule has 1 fully saturated rings. The Kier molecular flexibility index (Phi) is 8.83. The van der Waals surface area contributed by atoms with Crippen LogP contribution in [-0.4, -0.2) is 28.7 Å². The van der Waals surface area contributed by atoms with Crippen molar-refractivity contribution in [3.05, 3.63) is 0 Å². The standard InChI is InChI=1S/C17H32BrNO/c1-4-5-7-15-8-10-16(11-9-15)17(20)19(14(2)3)13-6-12-18/h14-16H,4-13H2,1-3H3. The Bertz CT molecular complexity index is 272. The van der Waals surface area contributed by atoms with Gasteiger partial charge in [0.05, 0.1) is 0 Å². The Hall–Kier alpha value is -0.0500. The van der Waals surface area contributed by atoms with Crippen LogP contribution in [0.4, 0.5) is 0 Å². The molecule has 118 valence electrons. The van der Waals surface area contributed by atoms with E-state index in [1.807, 2.05) is 0 Å². The van der Waals surface area contributed by atoms with Crippen molar-refractivity contribution < 1.29 is 4.79 Å². The molecule has 0 unspecified atom stereocenters. The molecular formula is C17H32BrNO. The Balaban J connectivity index is 2.43. The molecule has 0 aliphatic heterocycles. The minimum Gasteiger partial charge on any atom is -0.340 e. The monoisotopic (exact) mass is 345 g/mol. The fourth-order valence-electron chi connectivity index (χ4n) is 3.28. The summed E-state index contributed by atoms with van der Waals surface area (Å²) in [4.78, 5) is 14.8. The lowest BCUT2D eigenvalue weighted by Gasteiger charge is -2.34. The summed E-state index contributed by atoms with van der Waals surface area (Å²) in [5, 5.41) is 0.979. The van der Waals surface area contributed by atoms with E-state index in [9.17, 15) is 4.79 Å². The number of nitrogens with zero attached hydrogens (tertiary/aromatic N) is 1. The van der Waals surface area contributed by atoms with Crippen LogP contribution >= 0.6 is 15.9 Å². The zero-order valence-electron chi connectivity index (χ0n) is 13.5. The third kappa shape index (κ3) is 5.75. The average molecular weight is 346 g/mol. The molecule has 0 spiro atoms. The second-order valence-electron chi connectivity index (χ2n) is 6.53. The molecule has 20 heavy (non-hydrogen) atoms. The van der Waals surface area contributed by atoms with E-state index in [1.165, 1.54) is 32.1 Å². The summed E-state index contributed by atoms with van der Waals surface area (Å²) in [5.41, 5.74) is 0. The molecule has 1 aliphatic carbocycles. The molecule has 0 aromatic rings. The third-order valence-corrected chi connectivity index (χ3v) is 5.16. The number of hydrogen-bond donors (Lipinski definition) is 0. The van der Waals surface area contributed by atoms with Crippen molar-refractivity contribution in [1.82, 2.24) is 4.90 Å². The number of hydrogen-bond acceptors (Lipinski definition) is 1. The molecule has 3 heteroatoms. The van der Waals surface area contributed by atoms with Crippen molar-refractivity contribution in [2.24, 2.45) is 11.8 Å². The normalized spacial score (nSPS) is 23.1. The first-order chi connectivity index (χ1) is 9.60. The smallest absolute Gasteiger partial charge is 0.225 e. The molecule has 1 amide bonds. The van der Waals surface area contributed by atoms with Crippen molar-refractivity contribution >= 4 is 21.8 Å². The van der Waals surface area contributed by atoms with Crippen LogP contribution in [0.15, 0.2) is 0 Å². The van der Waals surface area contributed by atoms with Gasteiger partial charge < -0.3 is 4.90 Å². The zero-order chi connectivity index (χ0) is 15.0. The van der Waals surface area contributed by atoms with Crippen LogP contribution in [0, 0.1) is 11.8 Å². The fourth-order valence-corrected chi connectivity index (χ4v) is 3.53. The molecule has 0 saturated heterocycles. The summed E-state index contributed by atoms with van der Waals surface area (Å²) < 4.78 is 0. The highest BCUT2D eigenvalue weighted by Crippen LogP contribution is 2.33. The number of unbranched alkanes of at least 4 members (excludes halogenated alkanes) is 1. The first kappa shape index (κ1) is 18.0. The Morgan fingerprint density at radius 2 is 1.85 bits per heavy atom. The predicted octanol–water partition coefficient (Wildman–Crippen LogP) is 5.01. The molecule has 0 bridgehead atoms. The highest BCUT2D eigenvalue weighted by atomic mass is 79.9. The van der Waals surface area contributed by atoms with Gasteiger partial charge in [-0.3, -0.25) is 4.79 Å². The molecule has 2 nitrogen and oxygen atoms in total. The lowest BCUT2D eigenvalue weighted by atomic mass is 9.79. The van der Waals surface area contributed by atoms with Crippen LogP contribution in [-0.2, 0) is 4.79 Å². The Morgan fingerprint density at radius 3 is 2.35 bits per heavy atom. The topological polar surface area (TPSA) is 20.3 Å². The van der Waals surface area contributed by atoms with Gasteiger partial charge in [-0.25, -0.2) is 0 Å². The van der Waals surface area contributed by atoms with Crippen LogP contribution < -0.4 is 0 Å². The van der Waals surface area contributed by atoms with Crippen molar-refractivity contribution in [2.45, 2.75) is 78.2 Å². The first-order valence-electron chi connectivity index (χ1n) is 8.46. The van der Waals surface area contributed by atoms with Crippen molar-refractivity contribution in [2.75, 3.05) is 11.9 Å². The van der Waals surface area contributed by atoms with E-state index in [0.29, 0.717) is 17.9 Å². The van der Waals surface area contributed by atoms with Crippen LogP contribution in [0.1, 0.15) is 72.1 Å². The molecule has 0 radical (unpaired) electrons. The van der Waals surface area contributed by atoms with E-state index in [0.717, 1.165) is 37.1 Å². The molecule has 1 rings (SSSR count). The fraction of sp³-hybridized carbons (Fsp3) is 0.941. The predicted molar refractivity (Wildman–Crippen MR) is 90.2 cm³/mol. The van der Waals surface area contributed by atoms with Crippen LogP contribution in [0.5, 0.6) is 0 Å². The molecule has 0 atom stereocenters. The Labute approximate surface area is 133 Å². The van der Waals surface area contributed by atoms with Crippen LogP contribution in [0.3, 0.4) is 0 Å². The number of alkyl halides is 1. The van der Waals surface area contributed by atoms with Gasteiger partial charge in [0, 0.05) is 23.8 Å². The van der Waals surface area contributed by atoms with Crippen molar-refractivity contribution in [3.63, 3.8) is 0 Å². The average Bonchev–Trinajstić information content (AvgIpc) is 2.45. The summed E-state index contributed by atoms with van der Waals surface area (Å²) in [5.74, 6) is 1.59. The summed E-state index contributed by atoms with van der Waals surface area (Å²) in [6, 6.07) is 0.333. The van der Waals surface area contributed by atoms with Gasteiger partial charge in [-0.15, -0.1) is 0 Å². The third-order valence-electron chi connectivity index (χ3n) is 4.60. The lowest BCUT2D eigenvalue weighted by molar-refractivity contribution is -0.138. The van der Waals surface area contributed by atoms with Gasteiger partial charge in [-0.1, -0.05) is 42.1 Å². The maximum Gasteiger partial charge on any atom is 0.225 e. The van der Waals surface area contributed by atoms with E-state index in [4.69, 9.17) is 0 Å². The van der Waals surface area contributed by atoms with Gasteiger partial charge in [0.1, 0.15) is 0 Å². The quantitative estimate of drug-likeness (QED) is 0.566. The number of amides is 1. The SMILES string of the molecule is CCCCC1CCC(C(=O)N(CCCBr)C(C)C)CC1. The lowest BCUT2D eigenvalue weighted by Crippen LogP contribution is -2.42. The molecule has 0 aromatic heterocycles. The highest BCUT2D eigenvalue weighted by Gasteiger charge is 2.29. The molecular weight excluding hydrogens is 314 g/mol. The summed E-state index contributed by atoms with van der Waals surface area (Å²) >= 11 is 3.47. The van der Waals surface area contributed by atoms with E-state index in [1.54, 1.807) is 0 Å². The van der Waals surface area contributed by atoms with Gasteiger partial charge in [-0.05, 0) is 51.9 Å². The molecule has 0 heterocycles. The molecule has 1 aliphatic rings. The zero-order valence-corrected chi connectivity index (χ0v) is 15.1. The maximum atomic E-state index is 12.7. The number of carbonyl (C=O) groups is 1. The van der Waals surface area contributed by atoms with E-state index < -0.39 is 0 Å². The van der Waals surface area contributed by atoms with E-state index in [2.05, 4.69) is 41.6 Å². The maximum absolute atomic E-state index is 12.7. The number of halogens is 1. The van der Waals surface area contributed by atoms with Gasteiger partial charge in [-0.2, -0.15) is 0 Å². The summed E-state index contributed by atoms with van der Waals surface area (Å²) in [6.07, 6.45) is 9.83. The summed E-state index contributed by atoms with van der Waals surface area (Å²) in [7, 11) is 0. The van der Waals surface area contributed by atoms with E-state index >= 15 is 0 Å². The minimum atomic E-state index is 0.297. The molecule has 1 saturated carbocycles. The number of carbonyl (C=O) groups excluding carboxylic acids is 1. The molecule has 0 N–H and O–H groups in total. The van der Waals surface area contributed by atoms with E-state index in [-0.39, 0.29) is 0 Å². The minimum absolute atomic E-state index is 0.297. The largest absolute Gasteiger partial charge is 0.340 e. The van der Waals surface area contributed by atoms with Gasteiger partial charge in [0.25, 0.3) is 0 Å². The van der Waals surface area contributed by atoms with Crippen molar-refractivity contribution in [1.29, 1.82) is 0 Å². The Morgan fingerprint density at radius 1 is 1.20 bits per heavy atom. The number of rotatable bonds is 8. The first-order valence-corrected chi connectivity index (χ1v) is 9.58. The van der Waals surface area contributed by atoms with Crippen LogP contribution in [0.2, 0.25) is 0 Å². The summed E-state index contributed by atoms with van der Waals surface area (Å²) in [6.45, 7) is 7.44. The molecule has 0 aromatic carbocycles. The van der Waals surface area contributed by atoms with Gasteiger partial charge in [0.15, 0.2) is 0 Å². The highest BCUT2D eigenvalue weighted by molar-refractivity contribution is 9.09. The second-order valence-corrected chi connectivity index (χ2v) is 7.32. The second kappa shape index (κ2) is 9.81. The van der Waals surface area contributed by atoms with Gasteiger partial charge in [0.2, 0.25) is 5.91 Å². The van der Waals surface area contributed by atoms with Crippen molar-refractivity contribution in [3.8, 4) is 0 Å². The van der Waals surface area contributed by atoms with Gasteiger partial charge >= 0.3 is 0 Å².